The first-order valence-electron chi connectivity index (χ1n) is 20.9. The molecule has 0 radical (unpaired) electrons. The van der Waals surface area contributed by atoms with E-state index in [1.165, 1.54) is 43.7 Å². The molecule has 286 valence electrons. The van der Waals surface area contributed by atoms with Crippen LogP contribution in [0.3, 0.4) is 0 Å². The number of rotatable bonds is 7. The maximum Gasteiger partial charge on any atom is 0.136 e. The zero-order chi connectivity index (χ0) is 40.3. The summed E-state index contributed by atoms with van der Waals surface area (Å²) in [4.78, 5) is 2.44. The lowest BCUT2D eigenvalue weighted by Crippen LogP contribution is -2.12. The molecule has 12 aromatic rings. The van der Waals surface area contributed by atoms with Crippen LogP contribution in [0.2, 0.25) is 0 Å². The van der Waals surface area contributed by atoms with Crippen molar-refractivity contribution in [2.75, 3.05) is 4.90 Å². The Hall–Kier alpha value is -8.14. The van der Waals surface area contributed by atoms with Crippen LogP contribution < -0.4 is 4.90 Å². The fourth-order valence-electron chi connectivity index (χ4n) is 9.54. The molecule has 2 heterocycles. The molecule has 0 fully saturated rings. The summed E-state index contributed by atoms with van der Waals surface area (Å²) in [7, 11) is 0. The predicted molar refractivity (Wildman–Crippen MR) is 257 cm³/mol. The molecule has 0 aliphatic rings. The molecule has 3 heteroatoms. The van der Waals surface area contributed by atoms with Crippen LogP contribution >= 0.6 is 0 Å². The van der Waals surface area contributed by atoms with Crippen molar-refractivity contribution in [3.63, 3.8) is 0 Å². The third-order valence-electron chi connectivity index (χ3n) is 12.2. The minimum Gasteiger partial charge on any atom is -0.456 e. The molecule has 0 aliphatic heterocycles. The molecule has 0 bridgehead atoms. The van der Waals surface area contributed by atoms with Crippen molar-refractivity contribution in [1.82, 2.24) is 4.57 Å². The molecule has 0 saturated carbocycles. The van der Waals surface area contributed by atoms with Gasteiger partial charge in [0, 0.05) is 43.9 Å². The van der Waals surface area contributed by atoms with Crippen LogP contribution in [0.15, 0.2) is 235 Å². The van der Waals surface area contributed by atoms with Crippen molar-refractivity contribution in [3.05, 3.63) is 231 Å². The molecule has 3 nitrogen and oxygen atoms in total. The minimum absolute atomic E-state index is 0.877. The Bertz CT molecular complexity index is 3550. The predicted octanol–water partition coefficient (Wildman–Crippen LogP) is 16.3. The molecule has 61 heavy (non-hydrogen) atoms. The van der Waals surface area contributed by atoms with E-state index >= 15 is 0 Å². The minimum atomic E-state index is 0.877. The van der Waals surface area contributed by atoms with Gasteiger partial charge in [0.1, 0.15) is 11.2 Å². The Kier molecular flexibility index (Phi) is 8.17. The van der Waals surface area contributed by atoms with Crippen LogP contribution in [-0.4, -0.2) is 4.57 Å². The normalized spacial score (nSPS) is 11.6. The largest absolute Gasteiger partial charge is 0.456 e. The third-order valence-corrected chi connectivity index (χ3v) is 12.2. The molecule has 0 N–H and O–H groups in total. The number of nitrogens with zero attached hydrogens (tertiary/aromatic N) is 2. The number of hydrogen-bond donors (Lipinski definition) is 0. The fourth-order valence-corrected chi connectivity index (χ4v) is 9.54. The van der Waals surface area contributed by atoms with Crippen LogP contribution in [0.4, 0.5) is 17.1 Å². The van der Waals surface area contributed by atoms with E-state index < -0.39 is 0 Å². The number of benzene rings is 10. The van der Waals surface area contributed by atoms with Gasteiger partial charge in [0.15, 0.2) is 0 Å². The first-order chi connectivity index (χ1) is 30.3. The molecule has 0 saturated heterocycles. The SMILES string of the molecule is c1ccc(N(c2ccc(-c3ccccc3-n3c4ccccc4c4ccccc43)cc2)c2ccccc2-c2cccc3oc4ccccc4c23)c(-c2cccc3ccccc23)c1. The quantitative estimate of drug-likeness (QED) is 0.161. The highest BCUT2D eigenvalue weighted by Gasteiger charge is 2.23. The van der Waals surface area contributed by atoms with Crippen LogP contribution in [0.1, 0.15) is 0 Å². The summed E-state index contributed by atoms with van der Waals surface area (Å²) in [5.41, 5.74) is 15.4. The van der Waals surface area contributed by atoms with E-state index in [4.69, 9.17) is 4.42 Å². The highest BCUT2D eigenvalue weighted by molar-refractivity contribution is 6.14. The van der Waals surface area contributed by atoms with E-state index in [-0.39, 0.29) is 0 Å². The summed E-state index contributed by atoms with van der Waals surface area (Å²) in [6, 6.07) is 83.0. The topological polar surface area (TPSA) is 21.3 Å². The van der Waals surface area contributed by atoms with Crippen molar-refractivity contribution in [1.29, 1.82) is 0 Å². The molecule has 0 amide bonds. The fraction of sp³-hybridized carbons (Fsp3) is 0. The van der Waals surface area contributed by atoms with E-state index in [0.29, 0.717) is 0 Å². The van der Waals surface area contributed by atoms with Crippen molar-refractivity contribution in [3.8, 4) is 39.1 Å². The molecule has 10 aromatic carbocycles. The molecule has 0 spiro atoms. The number of anilines is 3. The number of hydrogen-bond acceptors (Lipinski definition) is 2. The molecular formula is C58H38N2O. The van der Waals surface area contributed by atoms with E-state index in [9.17, 15) is 0 Å². The number of furan rings is 1. The van der Waals surface area contributed by atoms with Gasteiger partial charge < -0.3 is 13.9 Å². The first-order valence-corrected chi connectivity index (χ1v) is 20.9. The Labute approximate surface area is 353 Å². The lowest BCUT2D eigenvalue weighted by atomic mass is 9.94. The highest BCUT2D eigenvalue weighted by atomic mass is 16.3. The lowest BCUT2D eigenvalue weighted by Gasteiger charge is -2.30. The second-order valence-corrected chi connectivity index (χ2v) is 15.6. The summed E-state index contributed by atoms with van der Waals surface area (Å²) in [6.45, 7) is 0. The average Bonchev–Trinajstić information content (AvgIpc) is 3.88. The van der Waals surface area contributed by atoms with Gasteiger partial charge in [-0.25, -0.2) is 0 Å². The number of aromatic nitrogens is 1. The van der Waals surface area contributed by atoms with E-state index in [1.54, 1.807) is 0 Å². The van der Waals surface area contributed by atoms with Gasteiger partial charge in [-0.1, -0.05) is 176 Å². The zero-order valence-electron chi connectivity index (χ0n) is 33.2. The Morgan fingerprint density at radius 1 is 0.328 bits per heavy atom. The standard InChI is InChI=1S/C58H38N2O/c1-2-19-42-39(17-1)18-15-26-44(42)45-21-4-10-29-52(45)59(53-30-11-7-24-48(53)49-27-16-34-57-58(49)50-25-8-14-33-56(50)61-57)41-37-35-40(36-38-41)43-20-3-9-28-51(43)60-54-31-12-5-22-46(54)47-23-6-13-32-55(47)60/h1-38H. The first kappa shape index (κ1) is 34.9. The van der Waals surface area contributed by atoms with Crippen LogP contribution in [0, 0.1) is 0 Å². The number of para-hydroxylation sites is 6. The highest BCUT2D eigenvalue weighted by Crippen LogP contribution is 2.48. The smallest absolute Gasteiger partial charge is 0.136 e. The van der Waals surface area contributed by atoms with Gasteiger partial charge in [-0.05, 0) is 82.1 Å². The number of fused-ring (bicyclic) bond motifs is 7. The maximum absolute atomic E-state index is 6.43. The summed E-state index contributed by atoms with van der Waals surface area (Å²) >= 11 is 0. The molecule has 0 aliphatic carbocycles. The molecule has 0 atom stereocenters. The van der Waals surface area contributed by atoms with Crippen LogP contribution in [0.5, 0.6) is 0 Å². The summed E-state index contributed by atoms with van der Waals surface area (Å²) in [5, 5.41) is 7.16. The second-order valence-electron chi connectivity index (χ2n) is 15.6. The summed E-state index contributed by atoms with van der Waals surface area (Å²) in [5.74, 6) is 0. The Balaban J connectivity index is 1.07. The lowest BCUT2D eigenvalue weighted by molar-refractivity contribution is 0.669. The van der Waals surface area contributed by atoms with Crippen LogP contribution in [0.25, 0.3) is 93.6 Å². The summed E-state index contributed by atoms with van der Waals surface area (Å²) < 4.78 is 8.84. The van der Waals surface area contributed by atoms with Gasteiger partial charge >= 0.3 is 0 Å². The maximum atomic E-state index is 6.43. The second kappa shape index (κ2) is 14.3. The molecule has 0 unspecified atom stereocenters. The van der Waals surface area contributed by atoms with Gasteiger partial charge in [0.2, 0.25) is 0 Å². The molecular weight excluding hydrogens is 741 g/mol. The zero-order valence-corrected chi connectivity index (χ0v) is 33.2. The van der Waals surface area contributed by atoms with Crippen molar-refractivity contribution >= 4 is 71.6 Å². The third kappa shape index (κ3) is 5.66. The van der Waals surface area contributed by atoms with E-state index in [0.717, 1.165) is 66.9 Å². The van der Waals surface area contributed by atoms with Crippen molar-refractivity contribution in [2.45, 2.75) is 0 Å². The summed E-state index contributed by atoms with van der Waals surface area (Å²) in [6.07, 6.45) is 0. The van der Waals surface area contributed by atoms with E-state index in [2.05, 4.69) is 234 Å². The van der Waals surface area contributed by atoms with Gasteiger partial charge in [0.05, 0.1) is 28.1 Å². The van der Waals surface area contributed by atoms with Crippen LogP contribution in [-0.2, 0) is 0 Å². The van der Waals surface area contributed by atoms with Gasteiger partial charge in [0.25, 0.3) is 0 Å². The van der Waals surface area contributed by atoms with Gasteiger partial charge in [-0.15, -0.1) is 0 Å². The Morgan fingerprint density at radius 3 is 1.56 bits per heavy atom. The molecule has 12 rings (SSSR count). The van der Waals surface area contributed by atoms with Crippen molar-refractivity contribution in [2.24, 2.45) is 0 Å². The monoisotopic (exact) mass is 778 g/mol. The Morgan fingerprint density at radius 2 is 0.820 bits per heavy atom. The van der Waals surface area contributed by atoms with Gasteiger partial charge in [-0.3, -0.25) is 0 Å². The van der Waals surface area contributed by atoms with Crippen molar-refractivity contribution < 1.29 is 4.42 Å². The van der Waals surface area contributed by atoms with E-state index in [1.807, 2.05) is 6.07 Å². The molecule has 2 aromatic heterocycles. The average molecular weight is 779 g/mol. The van der Waals surface area contributed by atoms with Gasteiger partial charge in [-0.2, -0.15) is 0 Å².